The molecule has 0 spiro atoms. The number of fused-ring (bicyclic) bond motifs is 1. The maximum Gasteiger partial charge on any atom is 0.246 e. The molecule has 2 aliphatic rings. The lowest BCUT2D eigenvalue weighted by atomic mass is 9.96. The van der Waals surface area contributed by atoms with E-state index in [2.05, 4.69) is 46.9 Å². The Balaban J connectivity index is 1.52. The Labute approximate surface area is 173 Å². The van der Waals surface area contributed by atoms with Crippen LogP contribution in [-0.4, -0.2) is 44.4 Å². The Hall–Kier alpha value is -2.37. The van der Waals surface area contributed by atoms with Gasteiger partial charge in [-0.3, -0.25) is 4.79 Å². The number of H-pyrrole nitrogens is 1. The van der Waals surface area contributed by atoms with Gasteiger partial charge in [0.25, 0.3) is 0 Å². The predicted octanol–water partition coefficient (Wildman–Crippen LogP) is 4.30. The van der Waals surface area contributed by atoms with Crippen molar-refractivity contribution < 1.29 is 4.79 Å². The van der Waals surface area contributed by atoms with Crippen molar-refractivity contribution in [3.05, 3.63) is 30.7 Å². The minimum atomic E-state index is 0.00544. The molecular formula is C23H33N5O. The molecule has 4 rings (SSSR count). The summed E-state index contributed by atoms with van der Waals surface area (Å²) < 4.78 is 0. The highest BCUT2D eigenvalue weighted by molar-refractivity contribution is 5.90. The molecule has 1 saturated heterocycles. The SMILES string of the molecule is C=CC(=O)N1C[C@H](Nc2ncnc3[nH]cc(CC4CCC(CC)C4)c23)CC[C@@H]1C. The molecule has 3 heterocycles. The molecule has 1 aliphatic heterocycles. The van der Waals surface area contributed by atoms with Gasteiger partial charge in [-0.25, -0.2) is 9.97 Å². The number of anilines is 1. The number of amides is 1. The van der Waals surface area contributed by atoms with Crippen LogP contribution in [0.15, 0.2) is 25.2 Å². The van der Waals surface area contributed by atoms with Crippen molar-refractivity contribution >= 4 is 22.8 Å². The third-order valence-electron chi connectivity index (χ3n) is 6.97. The van der Waals surface area contributed by atoms with E-state index in [-0.39, 0.29) is 18.0 Å². The van der Waals surface area contributed by atoms with Gasteiger partial charge in [-0.2, -0.15) is 0 Å². The van der Waals surface area contributed by atoms with E-state index < -0.39 is 0 Å². The maximum absolute atomic E-state index is 12.2. The van der Waals surface area contributed by atoms with E-state index in [9.17, 15) is 4.79 Å². The summed E-state index contributed by atoms with van der Waals surface area (Å²) in [6.07, 6.45) is 13.5. The molecule has 29 heavy (non-hydrogen) atoms. The van der Waals surface area contributed by atoms with Crippen LogP contribution in [0.2, 0.25) is 0 Å². The number of carbonyl (C=O) groups excluding carboxylic acids is 1. The van der Waals surface area contributed by atoms with Crippen LogP contribution >= 0.6 is 0 Å². The van der Waals surface area contributed by atoms with Crippen molar-refractivity contribution in [2.24, 2.45) is 11.8 Å². The molecule has 2 aromatic rings. The summed E-state index contributed by atoms with van der Waals surface area (Å²) in [5.41, 5.74) is 2.21. The predicted molar refractivity (Wildman–Crippen MR) is 117 cm³/mol. The van der Waals surface area contributed by atoms with Gasteiger partial charge in [-0.1, -0.05) is 26.3 Å². The second-order valence-electron chi connectivity index (χ2n) is 8.88. The number of aromatic amines is 1. The number of piperidine rings is 1. The van der Waals surface area contributed by atoms with Crippen molar-refractivity contribution in [3.63, 3.8) is 0 Å². The van der Waals surface area contributed by atoms with E-state index in [0.717, 1.165) is 47.9 Å². The number of aromatic nitrogens is 3. The minimum absolute atomic E-state index is 0.00544. The molecule has 1 aliphatic carbocycles. The van der Waals surface area contributed by atoms with Gasteiger partial charge < -0.3 is 15.2 Å². The first kappa shape index (κ1) is 19.9. The number of nitrogens with zero attached hydrogens (tertiary/aromatic N) is 3. The van der Waals surface area contributed by atoms with Crippen LogP contribution in [0.3, 0.4) is 0 Å². The fraction of sp³-hybridized carbons (Fsp3) is 0.609. The summed E-state index contributed by atoms with van der Waals surface area (Å²) in [5, 5.41) is 4.74. The molecule has 0 aromatic carbocycles. The molecule has 2 N–H and O–H groups in total. The largest absolute Gasteiger partial charge is 0.365 e. The zero-order chi connectivity index (χ0) is 20.4. The standard InChI is InChI=1S/C23H33N5O/c1-4-16-7-8-17(10-16)11-18-12-24-22-21(18)23(26-14-25-22)27-19-9-6-15(3)28(13-19)20(29)5-2/h5,12,14-17,19H,2,4,6-11,13H2,1,3H3,(H2,24,25,26,27)/t15-,16?,17?,19+/m0/s1. The van der Waals surface area contributed by atoms with E-state index in [1.165, 1.54) is 37.3 Å². The monoisotopic (exact) mass is 395 g/mol. The van der Waals surface area contributed by atoms with Gasteiger partial charge in [-0.15, -0.1) is 0 Å². The molecule has 0 bridgehead atoms. The number of hydrogen-bond acceptors (Lipinski definition) is 4. The molecule has 1 amide bonds. The van der Waals surface area contributed by atoms with E-state index >= 15 is 0 Å². The summed E-state index contributed by atoms with van der Waals surface area (Å²) in [6.45, 7) is 8.74. The number of likely N-dealkylation sites (tertiary alicyclic amines) is 1. The van der Waals surface area contributed by atoms with Crippen LogP contribution in [0.5, 0.6) is 0 Å². The highest BCUT2D eigenvalue weighted by Gasteiger charge is 2.29. The summed E-state index contributed by atoms with van der Waals surface area (Å²) in [4.78, 5) is 26.5. The van der Waals surface area contributed by atoms with Crippen molar-refractivity contribution in [1.82, 2.24) is 19.9 Å². The van der Waals surface area contributed by atoms with Gasteiger partial charge in [0.15, 0.2) is 0 Å². The smallest absolute Gasteiger partial charge is 0.246 e. The van der Waals surface area contributed by atoms with Crippen LogP contribution in [0.25, 0.3) is 11.0 Å². The lowest BCUT2D eigenvalue weighted by Gasteiger charge is -2.38. The zero-order valence-electron chi connectivity index (χ0n) is 17.7. The summed E-state index contributed by atoms with van der Waals surface area (Å²) in [7, 11) is 0. The third-order valence-corrected chi connectivity index (χ3v) is 6.97. The fourth-order valence-corrected chi connectivity index (χ4v) is 5.19. The van der Waals surface area contributed by atoms with Gasteiger partial charge in [0.05, 0.1) is 5.39 Å². The molecule has 6 heteroatoms. The Morgan fingerprint density at radius 1 is 1.31 bits per heavy atom. The Morgan fingerprint density at radius 3 is 2.90 bits per heavy atom. The highest BCUT2D eigenvalue weighted by atomic mass is 16.2. The molecule has 2 fully saturated rings. The average molecular weight is 396 g/mol. The second-order valence-corrected chi connectivity index (χ2v) is 8.88. The van der Waals surface area contributed by atoms with Crippen LogP contribution in [-0.2, 0) is 11.2 Å². The van der Waals surface area contributed by atoms with Crippen LogP contribution in [0.1, 0.15) is 57.9 Å². The van der Waals surface area contributed by atoms with Crippen LogP contribution in [0.4, 0.5) is 5.82 Å². The summed E-state index contributed by atoms with van der Waals surface area (Å²) >= 11 is 0. The van der Waals surface area contributed by atoms with Gasteiger partial charge in [-0.05, 0) is 62.5 Å². The average Bonchev–Trinajstić information content (AvgIpc) is 3.36. The summed E-state index contributed by atoms with van der Waals surface area (Å²) in [6, 6.07) is 0.438. The van der Waals surface area contributed by atoms with Crippen molar-refractivity contribution in [1.29, 1.82) is 0 Å². The molecule has 4 atom stereocenters. The lowest BCUT2D eigenvalue weighted by molar-refractivity contribution is -0.129. The van der Waals surface area contributed by atoms with Crippen molar-refractivity contribution in [3.8, 4) is 0 Å². The fourth-order valence-electron chi connectivity index (χ4n) is 5.19. The molecule has 2 aromatic heterocycles. The molecule has 0 radical (unpaired) electrons. The van der Waals surface area contributed by atoms with Crippen molar-refractivity contribution in [2.75, 3.05) is 11.9 Å². The van der Waals surface area contributed by atoms with Gasteiger partial charge >= 0.3 is 0 Å². The number of nitrogens with one attached hydrogen (secondary N) is 2. The van der Waals surface area contributed by atoms with Crippen LogP contribution < -0.4 is 5.32 Å². The third kappa shape index (κ3) is 4.16. The number of hydrogen-bond donors (Lipinski definition) is 2. The minimum Gasteiger partial charge on any atom is -0.365 e. The Bertz CT molecular complexity index is 875. The van der Waals surface area contributed by atoms with Gasteiger partial charge in [0.2, 0.25) is 5.91 Å². The highest BCUT2D eigenvalue weighted by Crippen LogP contribution is 2.37. The first-order valence-corrected chi connectivity index (χ1v) is 11.1. The lowest BCUT2D eigenvalue weighted by Crippen LogP contribution is -2.49. The van der Waals surface area contributed by atoms with E-state index in [4.69, 9.17) is 0 Å². The summed E-state index contributed by atoms with van der Waals surface area (Å²) in [5.74, 6) is 2.53. The van der Waals surface area contributed by atoms with Gasteiger partial charge in [0, 0.05) is 24.8 Å². The van der Waals surface area contributed by atoms with E-state index in [1.54, 1.807) is 6.33 Å². The Kier molecular flexibility index (Phi) is 5.88. The first-order valence-electron chi connectivity index (χ1n) is 11.1. The molecular weight excluding hydrogens is 362 g/mol. The van der Waals surface area contributed by atoms with E-state index in [1.807, 2.05) is 4.90 Å². The maximum atomic E-state index is 12.2. The van der Waals surface area contributed by atoms with Gasteiger partial charge in [0.1, 0.15) is 17.8 Å². The quantitative estimate of drug-likeness (QED) is 0.715. The Morgan fingerprint density at radius 2 is 2.14 bits per heavy atom. The normalized spacial score (nSPS) is 27.3. The molecule has 2 unspecified atom stereocenters. The van der Waals surface area contributed by atoms with E-state index in [0.29, 0.717) is 6.54 Å². The number of rotatable bonds is 6. The zero-order valence-corrected chi connectivity index (χ0v) is 17.7. The van der Waals surface area contributed by atoms with Crippen LogP contribution in [0, 0.1) is 11.8 Å². The van der Waals surface area contributed by atoms with Crippen molar-refractivity contribution in [2.45, 2.75) is 70.9 Å². The number of carbonyl (C=O) groups is 1. The molecule has 1 saturated carbocycles. The second kappa shape index (κ2) is 8.56. The topological polar surface area (TPSA) is 73.9 Å². The molecule has 156 valence electrons. The first-order chi connectivity index (χ1) is 14.1. The molecule has 6 nitrogen and oxygen atoms in total.